The third-order valence-corrected chi connectivity index (χ3v) is 2.66. The maximum atomic E-state index is 11.5. The van der Waals surface area contributed by atoms with Gasteiger partial charge in [-0.1, -0.05) is 0 Å². The van der Waals surface area contributed by atoms with E-state index >= 15 is 0 Å². The van der Waals surface area contributed by atoms with Gasteiger partial charge in [0, 0.05) is 12.8 Å². The molecule has 0 aliphatic heterocycles. The molecule has 0 fully saturated rings. The van der Waals surface area contributed by atoms with Crippen molar-refractivity contribution in [2.24, 2.45) is 10.2 Å². The lowest BCUT2D eigenvalue weighted by Crippen LogP contribution is -2.20. The van der Waals surface area contributed by atoms with Crippen LogP contribution in [0.25, 0.3) is 0 Å². The summed E-state index contributed by atoms with van der Waals surface area (Å²) in [6, 6.07) is 6.86. The minimum Gasteiger partial charge on any atom is -0.463 e. The molecule has 0 atom stereocenters. The van der Waals surface area contributed by atoms with E-state index in [0.29, 0.717) is 17.9 Å². The summed E-state index contributed by atoms with van der Waals surface area (Å²) in [4.78, 5) is 23.0. The second-order valence-electron chi connectivity index (χ2n) is 4.47. The Morgan fingerprint density at radius 2 is 1.39 bits per heavy atom. The standard InChI is InChI=1S/C15H16N4O4/c20-14(18-16-10-12-4-2-8-22-12)6-1-7-15(21)19-17-11-13-5-3-9-23-13/h2-5,8-11H,1,6-7H2,(H,18,20)(H,19,21)/b16-10-,17-11-. The molecule has 2 amide bonds. The van der Waals surface area contributed by atoms with Crippen LogP contribution in [0.15, 0.2) is 55.8 Å². The van der Waals surface area contributed by atoms with Gasteiger partial charge in [-0.05, 0) is 30.7 Å². The summed E-state index contributed by atoms with van der Waals surface area (Å²) >= 11 is 0. The van der Waals surface area contributed by atoms with E-state index in [0.717, 1.165) is 0 Å². The molecule has 8 nitrogen and oxygen atoms in total. The average Bonchev–Trinajstić information content (AvgIpc) is 3.20. The van der Waals surface area contributed by atoms with Crippen LogP contribution in [0.4, 0.5) is 0 Å². The SMILES string of the molecule is O=C(CCCC(=O)N/N=C\c1ccco1)N/N=C\c1ccco1. The molecule has 0 saturated carbocycles. The third kappa shape index (κ3) is 6.42. The Hall–Kier alpha value is -3.16. The van der Waals surface area contributed by atoms with Gasteiger partial charge in [-0.3, -0.25) is 9.59 Å². The zero-order valence-corrected chi connectivity index (χ0v) is 12.3. The van der Waals surface area contributed by atoms with Crippen LogP contribution in [0.2, 0.25) is 0 Å². The van der Waals surface area contributed by atoms with Gasteiger partial charge in [0.15, 0.2) is 0 Å². The maximum Gasteiger partial charge on any atom is 0.240 e. The molecule has 2 heterocycles. The van der Waals surface area contributed by atoms with Crippen LogP contribution in [0, 0.1) is 0 Å². The molecule has 0 aliphatic carbocycles. The number of rotatable bonds is 8. The normalized spacial score (nSPS) is 11.1. The van der Waals surface area contributed by atoms with Gasteiger partial charge in [-0.15, -0.1) is 0 Å². The molecule has 2 rings (SSSR count). The van der Waals surface area contributed by atoms with Gasteiger partial charge in [-0.25, -0.2) is 10.9 Å². The number of hydrogen-bond donors (Lipinski definition) is 2. The van der Waals surface area contributed by atoms with E-state index in [1.54, 1.807) is 24.3 Å². The second kappa shape index (κ2) is 8.98. The highest BCUT2D eigenvalue weighted by Crippen LogP contribution is 1.97. The molecule has 0 saturated heterocycles. The van der Waals surface area contributed by atoms with E-state index in [2.05, 4.69) is 21.1 Å². The largest absolute Gasteiger partial charge is 0.463 e. The molecule has 0 bridgehead atoms. The molecular formula is C15H16N4O4. The first kappa shape index (κ1) is 16.2. The van der Waals surface area contributed by atoms with Gasteiger partial charge >= 0.3 is 0 Å². The van der Waals surface area contributed by atoms with Crippen molar-refractivity contribution in [3.63, 3.8) is 0 Å². The van der Waals surface area contributed by atoms with Crippen molar-refractivity contribution >= 4 is 24.2 Å². The average molecular weight is 316 g/mol. The Labute approximate surface area is 132 Å². The molecule has 0 radical (unpaired) electrons. The van der Waals surface area contributed by atoms with E-state index in [4.69, 9.17) is 8.83 Å². The van der Waals surface area contributed by atoms with Crippen molar-refractivity contribution in [2.75, 3.05) is 0 Å². The van der Waals surface area contributed by atoms with E-state index in [1.807, 2.05) is 0 Å². The maximum absolute atomic E-state index is 11.5. The highest BCUT2D eigenvalue weighted by Gasteiger charge is 2.04. The molecule has 2 N–H and O–H groups in total. The van der Waals surface area contributed by atoms with Crippen LogP contribution >= 0.6 is 0 Å². The first-order valence-corrected chi connectivity index (χ1v) is 6.95. The van der Waals surface area contributed by atoms with Crippen LogP contribution in [-0.4, -0.2) is 24.2 Å². The lowest BCUT2D eigenvalue weighted by atomic mass is 10.2. The van der Waals surface area contributed by atoms with Crippen molar-refractivity contribution < 1.29 is 18.4 Å². The fourth-order valence-electron chi connectivity index (χ4n) is 1.59. The van der Waals surface area contributed by atoms with Crippen LogP contribution in [0.3, 0.4) is 0 Å². The van der Waals surface area contributed by atoms with Crippen LogP contribution < -0.4 is 10.9 Å². The summed E-state index contributed by atoms with van der Waals surface area (Å²) in [6.45, 7) is 0. The molecular weight excluding hydrogens is 300 g/mol. The van der Waals surface area contributed by atoms with E-state index in [9.17, 15) is 9.59 Å². The smallest absolute Gasteiger partial charge is 0.240 e. The summed E-state index contributed by atoms with van der Waals surface area (Å²) in [5.74, 6) is 0.526. The first-order valence-electron chi connectivity index (χ1n) is 6.95. The summed E-state index contributed by atoms with van der Waals surface area (Å²) in [5.41, 5.74) is 4.71. The van der Waals surface area contributed by atoms with Crippen molar-refractivity contribution in [1.82, 2.24) is 10.9 Å². The molecule has 0 aliphatic rings. The predicted molar refractivity (Wildman–Crippen MR) is 82.7 cm³/mol. The number of amides is 2. The van der Waals surface area contributed by atoms with E-state index in [1.165, 1.54) is 25.0 Å². The summed E-state index contributed by atoms with van der Waals surface area (Å²) < 4.78 is 10.0. The van der Waals surface area contributed by atoms with Crippen LogP contribution in [0.5, 0.6) is 0 Å². The molecule has 0 aromatic carbocycles. The van der Waals surface area contributed by atoms with Gasteiger partial charge in [0.25, 0.3) is 0 Å². The molecule has 120 valence electrons. The monoisotopic (exact) mass is 316 g/mol. The Balaban J connectivity index is 1.56. The number of carbonyl (C=O) groups excluding carboxylic acids is 2. The Morgan fingerprint density at radius 3 is 1.78 bits per heavy atom. The minimum atomic E-state index is -0.278. The van der Waals surface area contributed by atoms with Gasteiger partial charge < -0.3 is 8.83 Å². The third-order valence-electron chi connectivity index (χ3n) is 2.66. The number of hydrogen-bond acceptors (Lipinski definition) is 6. The topological polar surface area (TPSA) is 109 Å². The Bertz CT molecular complexity index is 601. The molecule has 2 aromatic rings. The predicted octanol–water partition coefficient (Wildman–Crippen LogP) is 1.64. The van der Waals surface area contributed by atoms with Crippen LogP contribution in [-0.2, 0) is 9.59 Å². The fraction of sp³-hybridized carbons (Fsp3) is 0.200. The molecule has 0 spiro atoms. The quantitative estimate of drug-likeness (QED) is 0.570. The lowest BCUT2D eigenvalue weighted by Gasteiger charge is -2.00. The highest BCUT2D eigenvalue weighted by molar-refractivity contribution is 5.82. The number of nitrogens with one attached hydrogen (secondary N) is 2. The van der Waals surface area contributed by atoms with Crippen molar-refractivity contribution in [3.8, 4) is 0 Å². The van der Waals surface area contributed by atoms with E-state index < -0.39 is 0 Å². The van der Waals surface area contributed by atoms with Crippen molar-refractivity contribution in [3.05, 3.63) is 48.3 Å². The first-order chi connectivity index (χ1) is 11.2. The number of hydrazone groups is 2. The zero-order valence-electron chi connectivity index (χ0n) is 12.3. The summed E-state index contributed by atoms with van der Waals surface area (Å²) in [7, 11) is 0. The highest BCUT2D eigenvalue weighted by atomic mass is 16.3. The molecule has 2 aromatic heterocycles. The van der Waals surface area contributed by atoms with Crippen molar-refractivity contribution in [2.45, 2.75) is 19.3 Å². The summed E-state index contributed by atoms with van der Waals surface area (Å²) in [5, 5.41) is 7.47. The summed E-state index contributed by atoms with van der Waals surface area (Å²) in [6.07, 6.45) is 6.58. The number of furan rings is 2. The minimum absolute atomic E-state index is 0.185. The van der Waals surface area contributed by atoms with E-state index in [-0.39, 0.29) is 24.7 Å². The van der Waals surface area contributed by atoms with Gasteiger partial charge in [0.05, 0.1) is 25.0 Å². The molecule has 8 heteroatoms. The zero-order chi connectivity index (χ0) is 16.3. The van der Waals surface area contributed by atoms with Crippen LogP contribution in [0.1, 0.15) is 30.8 Å². The fourth-order valence-corrected chi connectivity index (χ4v) is 1.59. The van der Waals surface area contributed by atoms with Gasteiger partial charge in [0.2, 0.25) is 11.8 Å². The number of nitrogens with zero attached hydrogens (tertiary/aromatic N) is 2. The van der Waals surface area contributed by atoms with Gasteiger partial charge in [-0.2, -0.15) is 10.2 Å². The lowest BCUT2D eigenvalue weighted by molar-refractivity contribution is -0.122. The molecule has 23 heavy (non-hydrogen) atoms. The number of carbonyl (C=O) groups is 2. The second-order valence-corrected chi connectivity index (χ2v) is 4.47. The van der Waals surface area contributed by atoms with Gasteiger partial charge in [0.1, 0.15) is 11.5 Å². The van der Waals surface area contributed by atoms with Crippen molar-refractivity contribution in [1.29, 1.82) is 0 Å². The Morgan fingerprint density at radius 1 is 0.913 bits per heavy atom. The molecule has 0 unspecified atom stereocenters. The Kier molecular flexibility index (Phi) is 6.33.